The first-order valence-corrected chi connectivity index (χ1v) is 9.53. The minimum Gasteiger partial charge on any atom is -0.339 e. The van der Waals surface area contributed by atoms with E-state index in [2.05, 4.69) is 15.9 Å². The van der Waals surface area contributed by atoms with Crippen molar-refractivity contribution in [1.29, 1.82) is 0 Å². The molecule has 110 valence electrons. The molecule has 0 unspecified atom stereocenters. The maximum absolute atomic E-state index is 12.4. The van der Waals surface area contributed by atoms with E-state index in [4.69, 9.17) is 10.7 Å². The average Bonchev–Trinajstić information content (AvgIpc) is 2.66. The molecule has 1 heterocycles. The van der Waals surface area contributed by atoms with Crippen molar-refractivity contribution >= 4 is 41.6 Å². The maximum atomic E-state index is 12.4. The molecule has 0 radical (unpaired) electrons. The van der Waals surface area contributed by atoms with Crippen LogP contribution >= 0.6 is 26.6 Å². The third-order valence-electron chi connectivity index (χ3n) is 3.33. The van der Waals surface area contributed by atoms with Gasteiger partial charge in [0.05, 0.1) is 4.90 Å². The van der Waals surface area contributed by atoms with E-state index in [9.17, 15) is 13.2 Å². The number of hydrogen-bond acceptors (Lipinski definition) is 3. The molecule has 1 saturated heterocycles. The Bertz CT molecular complexity index is 610. The fourth-order valence-electron chi connectivity index (χ4n) is 2.28. The van der Waals surface area contributed by atoms with Crippen molar-refractivity contribution in [3.63, 3.8) is 0 Å². The van der Waals surface area contributed by atoms with Gasteiger partial charge in [-0.2, -0.15) is 0 Å². The van der Waals surface area contributed by atoms with E-state index in [1.54, 1.807) is 17.0 Å². The van der Waals surface area contributed by atoms with Crippen molar-refractivity contribution < 1.29 is 13.2 Å². The van der Waals surface area contributed by atoms with Gasteiger partial charge in [-0.25, -0.2) is 8.42 Å². The molecule has 0 bridgehead atoms. The molecule has 4 nitrogen and oxygen atoms in total. The van der Waals surface area contributed by atoms with E-state index in [0.29, 0.717) is 10.0 Å². The highest BCUT2D eigenvalue weighted by atomic mass is 79.9. The lowest BCUT2D eigenvalue weighted by molar-refractivity contribution is 0.0761. The zero-order chi connectivity index (χ0) is 14.8. The first kappa shape index (κ1) is 15.8. The summed E-state index contributed by atoms with van der Waals surface area (Å²) < 4.78 is 23.3. The summed E-state index contributed by atoms with van der Waals surface area (Å²) in [6, 6.07) is 4.49. The number of amides is 1. The maximum Gasteiger partial charge on any atom is 0.262 e. The molecule has 1 aromatic carbocycles. The van der Waals surface area contributed by atoms with Crippen LogP contribution in [0.3, 0.4) is 0 Å². The van der Waals surface area contributed by atoms with E-state index < -0.39 is 9.05 Å². The van der Waals surface area contributed by atoms with Crippen molar-refractivity contribution in [3.8, 4) is 0 Å². The Balaban J connectivity index is 2.30. The SMILES string of the molecule is O=C(c1ccc(Br)c(S(=O)(=O)Cl)c1)N1CCCCCC1. The summed E-state index contributed by atoms with van der Waals surface area (Å²) in [6.07, 6.45) is 4.24. The molecule has 1 amide bonds. The Morgan fingerprint density at radius 1 is 1.15 bits per heavy atom. The number of halogens is 2. The van der Waals surface area contributed by atoms with Crippen LogP contribution in [0.4, 0.5) is 0 Å². The summed E-state index contributed by atoms with van der Waals surface area (Å²) >= 11 is 3.14. The summed E-state index contributed by atoms with van der Waals surface area (Å²) in [6.45, 7) is 1.44. The Morgan fingerprint density at radius 3 is 2.30 bits per heavy atom. The molecule has 1 aliphatic heterocycles. The molecule has 0 atom stereocenters. The quantitative estimate of drug-likeness (QED) is 0.739. The Morgan fingerprint density at radius 2 is 1.75 bits per heavy atom. The largest absolute Gasteiger partial charge is 0.339 e. The van der Waals surface area contributed by atoms with Crippen molar-refractivity contribution in [3.05, 3.63) is 28.2 Å². The number of hydrogen-bond donors (Lipinski definition) is 0. The predicted octanol–water partition coefficient (Wildman–Crippen LogP) is 3.39. The van der Waals surface area contributed by atoms with Gasteiger partial charge in [0.1, 0.15) is 0 Å². The van der Waals surface area contributed by atoms with Gasteiger partial charge in [-0.05, 0) is 47.0 Å². The van der Waals surface area contributed by atoms with Crippen LogP contribution in [0.2, 0.25) is 0 Å². The first-order valence-electron chi connectivity index (χ1n) is 6.43. The van der Waals surface area contributed by atoms with Crippen LogP contribution in [0.25, 0.3) is 0 Å². The number of carbonyl (C=O) groups excluding carboxylic acids is 1. The van der Waals surface area contributed by atoms with Gasteiger partial charge in [0.15, 0.2) is 0 Å². The molecule has 0 aliphatic carbocycles. The number of likely N-dealkylation sites (tertiary alicyclic amines) is 1. The summed E-state index contributed by atoms with van der Waals surface area (Å²) in [5.74, 6) is -0.138. The monoisotopic (exact) mass is 379 g/mol. The van der Waals surface area contributed by atoms with Crippen LogP contribution in [0, 0.1) is 0 Å². The van der Waals surface area contributed by atoms with E-state index in [1.165, 1.54) is 6.07 Å². The van der Waals surface area contributed by atoms with Gasteiger partial charge in [0, 0.05) is 33.8 Å². The lowest BCUT2D eigenvalue weighted by Gasteiger charge is -2.20. The zero-order valence-corrected chi connectivity index (χ0v) is 14.0. The summed E-state index contributed by atoms with van der Waals surface area (Å²) in [5.41, 5.74) is 0.356. The molecular formula is C13H15BrClNO3S. The smallest absolute Gasteiger partial charge is 0.262 e. The average molecular weight is 381 g/mol. The van der Waals surface area contributed by atoms with Gasteiger partial charge < -0.3 is 4.90 Å². The van der Waals surface area contributed by atoms with Crippen molar-refractivity contribution in [1.82, 2.24) is 4.90 Å². The summed E-state index contributed by atoms with van der Waals surface area (Å²) in [4.78, 5) is 14.1. The van der Waals surface area contributed by atoms with Gasteiger partial charge in [-0.3, -0.25) is 4.79 Å². The van der Waals surface area contributed by atoms with Gasteiger partial charge in [0.2, 0.25) is 0 Å². The van der Waals surface area contributed by atoms with E-state index in [1.807, 2.05) is 0 Å². The van der Waals surface area contributed by atoms with Crippen LogP contribution in [0.1, 0.15) is 36.0 Å². The van der Waals surface area contributed by atoms with Crippen LogP contribution in [-0.2, 0) is 9.05 Å². The van der Waals surface area contributed by atoms with Crippen LogP contribution in [-0.4, -0.2) is 32.3 Å². The highest BCUT2D eigenvalue weighted by Gasteiger charge is 2.21. The Labute approximate surface area is 131 Å². The third-order valence-corrected chi connectivity index (χ3v) is 5.65. The molecule has 0 aromatic heterocycles. The standard InChI is InChI=1S/C13H15BrClNO3S/c14-11-6-5-10(9-12(11)20(15,18)19)13(17)16-7-3-1-2-4-8-16/h5-6,9H,1-4,7-8H2. The second-order valence-electron chi connectivity index (χ2n) is 4.79. The van der Waals surface area contributed by atoms with Gasteiger partial charge in [0.25, 0.3) is 15.0 Å². The normalized spacial score (nSPS) is 16.8. The number of nitrogens with zero attached hydrogens (tertiary/aromatic N) is 1. The molecule has 1 aliphatic rings. The Kier molecular flexibility index (Phi) is 5.09. The Hall–Kier alpha value is -0.590. The number of carbonyl (C=O) groups is 1. The second kappa shape index (κ2) is 6.45. The number of benzene rings is 1. The molecule has 20 heavy (non-hydrogen) atoms. The molecule has 1 fully saturated rings. The molecule has 1 aromatic rings. The molecule has 0 N–H and O–H groups in total. The van der Waals surface area contributed by atoms with Crippen LogP contribution in [0.15, 0.2) is 27.6 Å². The predicted molar refractivity (Wildman–Crippen MR) is 81.6 cm³/mol. The summed E-state index contributed by atoms with van der Waals surface area (Å²) in [7, 11) is 1.50. The minimum absolute atomic E-state index is 0.0696. The molecular weight excluding hydrogens is 366 g/mol. The van der Waals surface area contributed by atoms with Gasteiger partial charge >= 0.3 is 0 Å². The second-order valence-corrected chi connectivity index (χ2v) is 8.18. The zero-order valence-electron chi connectivity index (χ0n) is 10.8. The van der Waals surface area contributed by atoms with E-state index in [-0.39, 0.29) is 10.8 Å². The van der Waals surface area contributed by atoms with Crippen LogP contribution < -0.4 is 0 Å². The third kappa shape index (κ3) is 3.74. The molecule has 0 spiro atoms. The molecule has 7 heteroatoms. The highest BCUT2D eigenvalue weighted by Crippen LogP contribution is 2.27. The number of rotatable bonds is 2. The van der Waals surface area contributed by atoms with E-state index in [0.717, 1.165) is 38.8 Å². The van der Waals surface area contributed by atoms with Crippen LogP contribution in [0.5, 0.6) is 0 Å². The van der Waals surface area contributed by atoms with E-state index >= 15 is 0 Å². The fourth-order valence-corrected chi connectivity index (χ4v) is 4.40. The minimum atomic E-state index is -3.87. The van der Waals surface area contributed by atoms with Crippen molar-refractivity contribution in [2.24, 2.45) is 0 Å². The molecule has 2 rings (SSSR count). The molecule has 0 saturated carbocycles. The lowest BCUT2D eigenvalue weighted by Crippen LogP contribution is -2.31. The topological polar surface area (TPSA) is 54.5 Å². The van der Waals surface area contributed by atoms with Gasteiger partial charge in [-0.1, -0.05) is 12.8 Å². The van der Waals surface area contributed by atoms with Crippen molar-refractivity contribution in [2.75, 3.05) is 13.1 Å². The van der Waals surface area contributed by atoms with Gasteiger partial charge in [-0.15, -0.1) is 0 Å². The lowest BCUT2D eigenvalue weighted by atomic mass is 10.2. The first-order chi connectivity index (χ1) is 9.39. The highest BCUT2D eigenvalue weighted by molar-refractivity contribution is 9.10. The fraction of sp³-hybridized carbons (Fsp3) is 0.462. The van der Waals surface area contributed by atoms with Crippen molar-refractivity contribution in [2.45, 2.75) is 30.6 Å². The summed E-state index contributed by atoms with van der Waals surface area (Å²) in [5, 5.41) is 0.